The number of benzene rings is 4. The first-order valence-corrected chi connectivity index (χ1v) is 10.9. The third-order valence-corrected chi connectivity index (χ3v) is 7.10. The molecule has 0 aromatic heterocycles. The maximum atomic E-state index is 5.81. The number of hydrogen-bond acceptors (Lipinski definition) is 1. The van der Waals surface area contributed by atoms with Crippen molar-refractivity contribution in [3.63, 3.8) is 0 Å². The molecule has 4 aromatic carbocycles. The number of ether oxygens (including phenoxy) is 1. The van der Waals surface area contributed by atoms with Crippen molar-refractivity contribution >= 4 is 23.8 Å². The molecule has 0 unspecified atom stereocenters. The Morgan fingerprint density at radius 3 is 1.64 bits per heavy atom. The van der Waals surface area contributed by atoms with E-state index in [2.05, 4.69) is 97.1 Å². The van der Waals surface area contributed by atoms with Crippen LogP contribution < -0.4 is 20.7 Å². The predicted octanol–water partition coefficient (Wildman–Crippen LogP) is 5.51. The van der Waals surface area contributed by atoms with E-state index in [0.29, 0.717) is 6.61 Å². The Hall–Kier alpha value is -2.89. The summed E-state index contributed by atoms with van der Waals surface area (Å²) < 4.78 is 5.81. The van der Waals surface area contributed by atoms with Crippen LogP contribution in [0.2, 0.25) is 0 Å². The van der Waals surface area contributed by atoms with Crippen molar-refractivity contribution in [2.45, 2.75) is 6.92 Å². The third kappa shape index (κ3) is 4.01. The number of para-hydroxylation sites is 1. The second-order valence-corrected chi connectivity index (χ2v) is 8.70. The molecule has 0 saturated heterocycles. The van der Waals surface area contributed by atoms with E-state index in [-0.39, 0.29) is 0 Å². The highest BCUT2D eigenvalue weighted by atomic mass is 31.1. The van der Waals surface area contributed by atoms with Crippen molar-refractivity contribution in [1.29, 1.82) is 0 Å². The lowest BCUT2D eigenvalue weighted by Crippen LogP contribution is -2.20. The first-order chi connectivity index (χ1) is 13.9. The minimum Gasteiger partial charge on any atom is -0.493 e. The fourth-order valence-electron chi connectivity index (χ4n) is 3.38. The van der Waals surface area contributed by atoms with Gasteiger partial charge < -0.3 is 4.74 Å². The molecule has 0 amide bonds. The molecule has 4 aromatic rings. The van der Waals surface area contributed by atoms with Crippen LogP contribution >= 0.6 is 7.92 Å². The van der Waals surface area contributed by atoms with Gasteiger partial charge in [-0.25, -0.2) is 0 Å². The number of hydrogen-bond donors (Lipinski definition) is 0. The van der Waals surface area contributed by atoms with Crippen LogP contribution in [0.4, 0.5) is 0 Å². The van der Waals surface area contributed by atoms with Gasteiger partial charge in [-0.1, -0.05) is 103 Å². The highest BCUT2D eigenvalue weighted by Gasteiger charge is 2.16. The summed E-state index contributed by atoms with van der Waals surface area (Å²) >= 11 is 0. The fourth-order valence-corrected chi connectivity index (χ4v) is 5.66. The van der Waals surface area contributed by atoms with Gasteiger partial charge in [-0.2, -0.15) is 0 Å². The number of rotatable bonds is 6. The van der Waals surface area contributed by atoms with E-state index >= 15 is 0 Å². The molecule has 28 heavy (non-hydrogen) atoms. The molecule has 0 radical (unpaired) electrons. The monoisotopic (exact) mass is 382 g/mol. The average molecular weight is 382 g/mol. The van der Waals surface area contributed by atoms with E-state index in [1.807, 2.05) is 19.1 Å². The summed E-state index contributed by atoms with van der Waals surface area (Å²) in [5.74, 6) is 0.936. The van der Waals surface area contributed by atoms with E-state index in [9.17, 15) is 0 Å². The largest absolute Gasteiger partial charge is 0.493 e. The molecule has 138 valence electrons. The van der Waals surface area contributed by atoms with Crippen LogP contribution in [0, 0.1) is 0 Å². The first-order valence-electron chi connectivity index (χ1n) is 9.59. The van der Waals surface area contributed by atoms with Crippen molar-refractivity contribution in [1.82, 2.24) is 0 Å². The van der Waals surface area contributed by atoms with Crippen LogP contribution in [0.15, 0.2) is 109 Å². The smallest absolute Gasteiger partial charge is 0.127 e. The molecule has 0 aliphatic rings. The molecule has 4 rings (SSSR count). The first kappa shape index (κ1) is 18.5. The van der Waals surface area contributed by atoms with Gasteiger partial charge in [-0.05, 0) is 42.4 Å². The molecule has 0 N–H and O–H groups in total. The second-order valence-electron chi connectivity index (χ2n) is 6.48. The Balaban J connectivity index is 1.74. The van der Waals surface area contributed by atoms with Gasteiger partial charge in [0.1, 0.15) is 5.75 Å². The van der Waals surface area contributed by atoms with Crippen molar-refractivity contribution in [3.05, 3.63) is 109 Å². The molecule has 0 fully saturated rings. The van der Waals surface area contributed by atoms with Crippen LogP contribution in [0.5, 0.6) is 5.75 Å². The average Bonchev–Trinajstić information content (AvgIpc) is 2.77. The van der Waals surface area contributed by atoms with Crippen molar-refractivity contribution in [2.75, 3.05) is 6.61 Å². The molecule has 0 heterocycles. The lowest BCUT2D eigenvalue weighted by atomic mass is 10.1. The molecule has 0 saturated carbocycles. The lowest BCUT2D eigenvalue weighted by molar-refractivity contribution is 0.341. The topological polar surface area (TPSA) is 9.23 Å². The van der Waals surface area contributed by atoms with Crippen LogP contribution in [0.3, 0.4) is 0 Å². The van der Waals surface area contributed by atoms with E-state index in [1.165, 1.54) is 21.5 Å². The molecular weight excluding hydrogens is 359 g/mol. The highest BCUT2D eigenvalue weighted by molar-refractivity contribution is 7.79. The second kappa shape index (κ2) is 8.87. The van der Waals surface area contributed by atoms with Crippen LogP contribution in [-0.4, -0.2) is 6.61 Å². The molecule has 0 bridgehead atoms. The standard InChI is InChI=1S/C26H23OP/c1-2-27-26-16-10-9-15-25(26)21-17-19-24(20-18-21)28(22-11-5-3-6-12-22)23-13-7-4-8-14-23/h3-20H,2H2,1H3. The van der Waals surface area contributed by atoms with Gasteiger partial charge in [0, 0.05) is 5.56 Å². The maximum absolute atomic E-state index is 5.81. The minimum absolute atomic E-state index is 0.573. The zero-order valence-corrected chi connectivity index (χ0v) is 16.8. The lowest BCUT2D eigenvalue weighted by Gasteiger charge is -2.20. The van der Waals surface area contributed by atoms with Crippen molar-refractivity contribution < 1.29 is 4.74 Å². The van der Waals surface area contributed by atoms with Gasteiger partial charge >= 0.3 is 0 Å². The quantitative estimate of drug-likeness (QED) is 0.400. The normalized spacial score (nSPS) is 10.8. The van der Waals surface area contributed by atoms with Crippen LogP contribution in [0.1, 0.15) is 6.92 Å². The SMILES string of the molecule is CCOc1ccccc1-c1ccc(P(c2ccccc2)c2ccccc2)cc1. The van der Waals surface area contributed by atoms with E-state index in [4.69, 9.17) is 4.74 Å². The Morgan fingerprint density at radius 2 is 1.07 bits per heavy atom. The Kier molecular flexibility index (Phi) is 5.85. The Morgan fingerprint density at radius 1 is 0.571 bits per heavy atom. The predicted molar refractivity (Wildman–Crippen MR) is 122 cm³/mol. The van der Waals surface area contributed by atoms with Gasteiger partial charge in [0.25, 0.3) is 0 Å². The van der Waals surface area contributed by atoms with E-state index in [1.54, 1.807) is 0 Å². The summed E-state index contributed by atoms with van der Waals surface area (Å²) in [6, 6.07) is 38.8. The molecule has 2 heteroatoms. The minimum atomic E-state index is -0.573. The van der Waals surface area contributed by atoms with Gasteiger partial charge in [-0.3, -0.25) is 0 Å². The van der Waals surface area contributed by atoms with Crippen molar-refractivity contribution in [3.8, 4) is 16.9 Å². The van der Waals surface area contributed by atoms with Crippen molar-refractivity contribution in [2.24, 2.45) is 0 Å². The van der Waals surface area contributed by atoms with Crippen LogP contribution in [-0.2, 0) is 0 Å². The fraction of sp³-hybridized carbons (Fsp3) is 0.0769. The zero-order valence-electron chi connectivity index (χ0n) is 16.0. The van der Waals surface area contributed by atoms with Gasteiger partial charge in [0.05, 0.1) is 6.61 Å². The summed E-state index contributed by atoms with van der Waals surface area (Å²) in [5, 5.41) is 4.09. The summed E-state index contributed by atoms with van der Waals surface area (Å²) in [4.78, 5) is 0. The Labute approximate surface area is 168 Å². The molecule has 0 aliphatic heterocycles. The van der Waals surface area contributed by atoms with Gasteiger partial charge in [0.2, 0.25) is 0 Å². The molecule has 0 spiro atoms. The molecular formula is C26H23OP. The summed E-state index contributed by atoms with van der Waals surface area (Å²) in [6.45, 7) is 2.69. The van der Waals surface area contributed by atoms with E-state index in [0.717, 1.165) is 11.3 Å². The third-order valence-electron chi connectivity index (χ3n) is 4.65. The van der Waals surface area contributed by atoms with Gasteiger partial charge in [0.15, 0.2) is 0 Å². The van der Waals surface area contributed by atoms with E-state index < -0.39 is 7.92 Å². The molecule has 1 nitrogen and oxygen atoms in total. The molecule has 0 aliphatic carbocycles. The highest BCUT2D eigenvalue weighted by Crippen LogP contribution is 2.35. The molecule has 0 atom stereocenters. The van der Waals surface area contributed by atoms with Crippen LogP contribution in [0.25, 0.3) is 11.1 Å². The Bertz CT molecular complexity index is 971. The van der Waals surface area contributed by atoms with Gasteiger partial charge in [-0.15, -0.1) is 0 Å². The summed E-state index contributed by atoms with van der Waals surface area (Å²) in [5.41, 5.74) is 2.32. The zero-order chi connectivity index (χ0) is 19.2. The summed E-state index contributed by atoms with van der Waals surface area (Å²) in [7, 11) is -0.573. The summed E-state index contributed by atoms with van der Waals surface area (Å²) in [6.07, 6.45) is 0. The maximum Gasteiger partial charge on any atom is 0.127 e.